The van der Waals surface area contributed by atoms with E-state index in [9.17, 15) is 5.11 Å². The molecule has 0 aliphatic carbocycles. The fourth-order valence-electron chi connectivity index (χ4n) is 3.31. The zero-order valence-electron chi connectivity index (χ0n) is 15.9. The summed E-state index contributed by atoms with van der Waals surface area (Å²) < 4.78 is 8.31. The van der Waals surface area contributed by atoms with Crippen molar-refractivity contribution in [2.45, 2.75) is 46.1 Å². The second kappa shape index (κ2) is 8.37. The topological polar surface area (TPSA) is 47.3 Å². The van der Waals surface area contributed by atoms with Crippen molar-refractivity contribution < 1.29 is 9.84 Å². The van der Waals surface area contributed by atoms with Crippen LogP contribution in [-0.2, 0) is 13.0 Å². The Hall–Kier alpha value is -2.33. The number of aromatic nitrogens is 2. The molecule has 1 heterocycles. The Morgan fingerprint density at radius 3 is 2.73 bits per heavy atom. The molecule has 0 saturated carbocycles. The van der Waals surface area contributed by atoms with Gasteiger partial charge in [-0.15, -0.1) is 0 Å². The monoisotopic (exact) mass is 352 g/mol. The van der Waals surface area contributed by atoms with Crippen LogP contribution in [0.15, 0.2) is 42.5 Å². The smallest absolute Gasteiger partial charge is 0.123 e. The minimum absolute atomic E-state index is 0.112. The highest BCUT2D eigenvalue weighted by Crippen LogP contribution is 2.27. The number of hydrogen-bond donors (Lipinski definition) is 1. The van der Waals surface area contributed by atoms with Gasteiger partial charge in [-0.25, -0.2) is 4.98 Å². The quantitative estimate of drug-likeness (QED) is 0.608. The first-order chi connectivity index (χ1) is 12.6. The Morgan fingerprint density at radius 2 is 1.96 bits per heavy atom. The maximum atomic E-state index is 9.32. The molecule has 0 fully saturated rings. The lowest BCUT2D eigenvalue weighted by Crippen LogP contribution is -2.10. The molecule has 1 aromatic heterocycles. The number of rotatable bonds is 8. The molecule has 0 radical (unpaired) electrons. The molecule has 3 rings (SSSR count). The van der Waals surface area contributed by atoms with Gasteiger partial charge in [-0.3, -0.25) is 0 Å². The predicted octanol–water partition coefficient (Wildman–Crippen LogP) is 4.47. The van der Waals surface area contributed by atoms with Crippen LogP contribution < -0.4 is 4.74 Å². The first kappa shape index (κ1) is 18.5. The Balaban J connectivity index is 1.68. The van der Waals surface area contributed by atoms with Gasteiger partial charge in [-0.1, -0.05) is 38.1 Å². The molecule has 0 unspecified atom stereocenters. The molecule has 0 spiro atoms. The second-order valence-corrected chi connectivity index (χ2v) is 7.04. The first-order valence-electron chi connectivity index (χ1n) is 9.38. The molecular formula is C22H28N2O2. The number of imidazole rings is 1. The summed E-state index contributed by atoms with van der Waals surface area (Å²) in [4.78, 5) is 4.65. The van der Waals surface area contributed by atoms with E-state index in [2.05, 4.69) is 54.6 Å². The molecule has 4 heteroatoms. The molecule has 2 aromatic carbocycles. The van der Waals surface area contributed by atoms with Crippen LogP contribution in [0.25, 0.3) is 11.0 Å². The van der Waals surface area contributed by atoms with Crippen molar-refractivity contribution in [2.75, 3.05) is 13.2 Å². The third-order valence-corrected chi connectivity index (χ3v) is 4.64. The summed E-state index contributed by atoms with van der Waals surface area (Å²) >= 11 is 0. The number of aliphatic hydroxyl groups is 1. The number of fused-ring (bicyclic) bond motifs is 1. The van der Waals surface area contributed by atoms with E-state index in [1.807, 2.05) is 18.2 Å². The van der Waals surface area contributed by atoms with E-state index >= 15 is 0 Å². The van der Waals surface area contributed by atoms with E-state index in [0.29, 0.717) is 18.9 Å². The zero-order chi connectivity index (χ0) is 18.5. The van der Waals surface area contributed by atoms with E-state index in [-0.39, 0.29) is 6.61 Å². The number of aliphatic hydroxyl groups excluding tert-OH is 1. The van der Waals surface area contributed by atoms with Gasteiger partial charge >= 0.3 is 0 Å². The third kappa shape index (κ3) is 4.07. The van der Waals surface area contributed by atoms with Crippen LogP contribution in [0, 0.1) is 6.92 Å². The van der Waals surface area contributed by atoms with Gasteiger partial charge in [0.05, 0.1) is 24.2 Å². The Labute approximate surface area is 155 Å². The van der Waals surface area contributed by atoms with E-state index in [1.54, 1.807) is 0 Å². The average Bonchev–Trinajstić information content (AvgIpc) is 2.96. The summed E-state index contributed by atoms with van der Waals surface area (Å²) in [6.45, 7) is 8.08. The summed E-state index contributed by atoms with van der Waals surface area (Å²) in [5.41, 5.74) is 4.58. The molecule has 0 aliphatic heterocycles. The minimum atomic E-state index is 0.112. The van der Waals surface area contributed by atoms with Crippen molar-refractivity contribution in [3.8, 4) is 5.75 Å². The third-order valence-electron chi connectivity index (χ3n) is 4.64. The van der Waals surface area contributed by atoms with Crippen LogP contribution >= 0.6 is 0 Å². The maximum Gasteiger partial charge on any atom is 0.123 e. The first-order valence-corrected chi connectivity index (χ1v) is 9.38. The van der Waals surface area contributed by atoms with Gasteiger partial charge in [-0.2, -0.15) is 0 Å². The van der Waals surface area contributed by atoms with Crippen molar-refractivity contribution in [2.24, 2.45) is 0 Å². The van der Waals surface area contributed by atoms with Crippen LogP contribution in [-0.4, -0.2) is 27.9 Å². The molecule has 0 amide bonds. The number of ether oxygens (including phenoxy) is 1. The molecular weight excluding hydrogens is 324 g/mol. The summed E-state index contributed by atoms with van der Waals surface area (Å²) in [5, 5.41) is 9.32. The minimum Gasteiger partial charge on any atom is -0.493 e. The molecule has 0 saturated heterocycles. The van der Waals surface area contributed by atoms with Crippen molar-refractivity contribution in [3.63, 3.8) is 0 Å². The summed E-state index contributed by atoms with van der Waals surface area (Å²) in [5.74, 6) is 2.37. The van der Waals surface area contributed by atoms with Gasteiger partial charge in [0.15, 0.2) is 0 Å². The highest BCUT2D eigenvalue weighted by molar-refractivity contribution is 5.75. The van der Waals surface area contributed by atoms with E-state index in [0.717, 1.165) is 35.6 Å². The molecule has 4 nitrogen and oxygen atoms in total. The molecule has 1 N–H and O–H groups in total. The summed E-state index contributed by atoms with van der Waals surface area (Å²) in [6, 6.07) is 14.6. The Bertz CT molecular complexity index is 868. The lowest BCUT2D eigenvalue weighted by atomic mass is 10.0. The number of nitrogens with zero attached hydrogens (tertiary/aromatic N) is 2. The molecule has 138 valence electrons. The Morgan fingerprint density at radius 1 is 1.15 bits per heavy atom. The van der Waals surface area contributed by atoms with Gasteiger partial charge in [-0.05, 0) is 48.6 Å². The maximum absolute atomic E-state index is 9.32. The van der Waals surface area contributed by atoms with Gasteiger partial charge in [0, 0.05) is 13.0 Å². The second-order valence-electron chi connectivity index (χ2n) is 7.04. The van der Waals surface area contributed by atoms with Crippen molar-refractivity contribution >= 4 is 11.0 Å². The highest BCUT2D eigenvalue weighted by atomic mass is 16.5. The molecule has 26 heavy (non-hydrogen) atoms. The van der Waals surface area contributed by atoms with Gasteiger partial charge in [0.25, 0.3) is 0 Å². The zero-order valence-corrected chi connectivity index (χ0v) is 15.9. The van der Waals surface area contributed by atoms with Gasteiger partial charge < -0.3 is 14.4 Å². The summed E-state index contributed by atoms with van der Waals surface area (Å²) in [7, 11) is 0. The molecule has 0 aliphatic rings. The normalized spacial score (nSPS) is 11.4. The van der Waals surface area contributed by atoms with E-state index < -0.39 is 0 Å². The van der Waals surface area contributed by atoms with Gasteiger partial charge in [0.2, 0.25) is 0 Å². The number of hydrogen-bond acceptors (Lipinski definition) is 3. The molecule has 3 aromatic rings. The predicted molar refractivity (Wildman–Crippen MR) is 106 cm³/mol. The standard InChI is InChI=1S/C22H28N2O2/c1-16(2)18-10-9-17(3)15-21(18)26-14-6-12-24-20-8-5-4-7-19(20)23-22(24)11-13-25/h4-5,7-10,15-16,25H,6,11-14H2,1-3H3. The number of aryl methyl sites for hydroxylation is 2. The molecule has 0 bridgehead atoms. The van der Waals surface area contributed by atoms with Crippen LogP contribution in [0.2, 0.25) is 0 Å². The highest BCUT2D eigenvalue weighted by Gasteiger charge is 2.11. The Kier molecular flexibility index (Phi) is 5.94. The van der Waals surface area contributed by atoms with Crippen LogP contribution in [0.3, 0.4) is 0 Å². The lowest BCUT2D eigenvalue weighted by Gasteiger charge is -2.15. The SMILES string of the molecule is Cc1ccc(C(C)C)c(OCCCn2c(CCO)nc3ccccc32)c1. The number of benzene rings is 2. The lowest BCUT2D eigenvalue weighted by molar-refractivity contribution is 0.288. The van der Waals surface area contributed by atoms with Crippen LogP contribution in [0.1, 0.15) is 43.1 Å². The fraction of sp³-hybridized carbons (Fsp3) is 0.409. The van der Waals surface area contributed by atoms with Crippen molar-refractivity contribution in [3.05, 3.63) is 59.4 Å². The van der Waals surface area contributed by atoms with E-state index in [4.69, 9.17) is 4.74 Å². The molecule has 0 atom stereocenters. The largest absolute Gasteiger partial charge is 0.493 e. The van der Waals surface area contributed by atoms with Crippen molar-refractivity contribution in [1.29, 1.82) is 0 Å². The fourth-order valence-corrected chi connectivity index (χ4v) is 3.31. The summed E-state index contributed by atoms with van der Waals surface area (Å²) in [6.07, 6.45) is 1.47. The van der Waals surface area contributed by atoms with Crippen molar-refractivity contribution in [1.82, 2.24) is 9.55 Å². The number of para-hydroxylation sites is 2. The van der Waals surface area contributed by atoms with Crippen LogP contribution in [0.4, 0.5) is 0 Å². The average molecular weight is 352 g/mol. The van der Waals surface area contributed by atoms with Gasteiger partial charge in [0.1, 0.15) is 11.6 Å². The van der Waals surface area contributed by atoms with Crippen LogP contribution in [0.5, 0.6) is 5.75 Å². The van der Waals surface area contributed by atoms with E-state index in [1.165, 1.54) is 11.1 Å².